The molecule has 5 nitrogen and oxygen atoms in total. The highest BCUT2D eigenvalue weighted by atomic mass is 16.2. The molecule has 0 aliphatic carbocycles. The van der Waals surface area contributed by atoms with E-state index in [0.717, 1.165) is 11.4 Å². The van der Waals surface area contributed by atoms with E-state index in [9.17, 15) is 4.79 Å². The summed E-state index contributed by atoms with van der Waals surface area (Å²) in [5.74, 6) is -0.122. The van der Waals surface area contributed by atoms with Gasteiger partial charge in [0, 0.05) is 19.4 Å². The lowest BCUT2D eigenvalue weighted by Gasteiger charge is -2.21. The minimum atomic E-state index is -0.122. The summed E-state index contributed by atoms with van der Waals surface area (Å²) in [6, 6.07) is 5.49. The van der Waals surface area contributed by atoms with Gasteiger partial charge in [0.25, 0.3) is 5.91 Å². The Morgan fingerprint density at radius 1 is 1.38 bits per heavy atom. The summed E-state index contributed by atoms with van der Waals surface area (Å²) in [7, 11) is 1.91. The minimum Gasteiger partial charge on any atom is -0.317 e. The van der Waals surface area contributed by atoms with E-state index in [1.165, 1.54) is 0 Å². The molecule has 5 heteroatoms. The van der Waals surface area contributed by atoms with Crippen LogP contribution in [-0.4, -0.2) is 22.6 Å². The van der Waals surface area contributed by atoms with Crippen LogP contribution in [0.25, 0.3) is 0 Å². The molecule has 1 N–H and O–H groups in total. The van der Waals surface area contributed by atoms with Crippen LogP contribution >= 0.6 is 0 Å². The molecule has 0 spiro atoms. The quantitative estimate of drug-likeness (QED) is 0.720. The van der Waals surface area contributed by atoms with Gasteiger partial charge in [-0.15, -0.1) is 0 Å². The van der Waals surface area contributed by atoms with Crippen molar-refractivity contribution in [2.45, 2.75) is 0 Å². The molecule has 3 rings (SSSR count). The summed E-state index contributed by atoms with van der Waals surface area (Å²) < 4.78 is 1.81. The third-order valence-corrected chi connectivity index (χ3v) is 2.68. The maximum Gasteiger partial charge on any atom is 0.274 e. The Balaban J connectivity index is 2.25. The molecule has 80 valence electrons. The Morgan fingerprint density at radius 2 is 2.25 bits per heavy atom. The standard InChI is InChI=1S/C11H10N4O/c1-14-9-4-5-12-7-8(9)13-11(16)10-3-2-6-15(10)14/h2-7H,1H3,(H,13,16). The lowest BCUT2D eigenvalue weighted by Crippen LogP contribution is -2.25. The highest BCUT2D eigenvalue weighted by Gasteiger charge is 2.21. The lowest BCUT2D eigenvalue weighted by molar-refractivity contribution is 0.102. The van der Waals surface area contributed by atoms with Crippen LogP contribution in [0.2, 0.25) is 0 Å². The molecule has 0 unspecified atom stereocenters. The van der Waals surface area contributed by atoms with Crippen LogP contribution in [0.15, 0.2) is 36.8 Å². The van der Waals surface area contributed by atoms with Crippen LogP contribution in [0.3, 0.4) is 0 Å². The smallest absolute Gasteiger partial charge is 0.274 e. The van der Waals surface area contributed by atoms with E-state index in [1.54, 1.807) is 23.1 Å². The fraction of sp³-hybridized carbons (Fsp3) is 0.0909. The van der Waals surface area contributed by atoms with Gasteiger partial charge in [-0.3, -0.25) is 19.5 Å². The van der Waals surface area contributed by atoms with Gasteiger partial charge in [-0.1, -0.05) is 0 Å². The first-order valence-electron chi connectivity index (χ1n) is 4.94. The highest BCUT2D eigenvalue weighted by Crippen LogP contribution is 2.27. The number of pyridine rings is 1. The number of rotatable bonds is 0. The molecule has 0 aromatic carbocycles. The maximum atomic E-state index is 11.9. The van der Waals surface area contributed by atoms with Crippen molar-refractivity contribution in [3.63, 3.8) is 0 Å². The zero-order chi connectivity index (χ0) is 11.1. The summed E-state index contributed by atoms with van der Waals surface area (Å²) in [4.78, 5) is 15.9. The van der Waals surface area contributed by atoms with E-state index in [4.69, 9.17) is 0 Å². The number of carbonyl (C=O) groups excluding carboxylic acids is 1. The van der Waals surface area contributed by atoms with E-state index < -0.39 is 0 Å². The topological polar surface area (TPSA) is 50.2 Å². The molecule has 2 aromatic rings. The SMILES string of the molecule is CN1c2ccncc2NC(=O)c2cccn21. The number of hydrogen-bond donors (Lipinski definition) is 1. The van der Waals surface area contributed by atoms with Crippen molar-refractivity contribution in [1.29, 1.82) is 0 Å². The highest BCUT2D eigenvalue weighted by molar-refractivity contribution is 6.06. The molecule has 16 heavy (non-hydrogen) atoms. The predicted octanol–water partition coefficient (Wildman–Crippen LogP) is 1.35. The van der Waals surface area contributed by atoms with Gasteiger partial charge in [-0.2, -0.15) is 0 Å². The predicted molar refractivity (Wildman–Crippen MR) is 60.4 cm³/mol. The van der Waals surface area contributed by atoms with Crippen LogP contribution in [0.1, 0.15) is 10.5 Å². The Kier molecular flexibility index (Phi) is 1.73. The molecule has 3 heterocycles. The molecule has 1 aliphatic rings. The molecule has 2 aromatic heterocycles. The molecular weight excluding hydrogens is 204 g/mol. The number of hydrogen-bond acceptors (Lipinski definition) is 3. The summed E-state index contributed by atoms with van der Waals surface area (Å²) in [6.07, 6.45) is 5.20. The summed E-state index contributed by atoms with van der Waals surface area (Å²) in [5, 5.41) is 4.74. The Morgan fingerprint density at radius 3 is 3.12 bits per heavy atom. The molecule has 0 atom stereocenters. The third-order valence-electron chi connectivity index (χ3n) is 2.68. The fourth-order valence-electron chi connectivity index (χ4n) is 1.88. The van der Waals surface area contributed by atoms with Gasteiger partial charge >= 0.3 is 0 Å². The second-order valence-electron chi connectivity index (χ2n) is 3.61. The van der Waals surface area contributed by atoms with Crippen molar-refractivity contribution in [1.82, 2.24) is 9.66 Å². The second-order valence-corrected chi connectivity index (χ2v) is 3.61. The van der Waals surface area contributed by atoms with Gasteiger partial charge in [-0.05, 0) is 18.2 Å². The molecule has 1 amide bonds. The van der Waals surface area contributed by atoms with Crippen LogP contribution in [0.4, 0.5) is 11.4 Å². The summed E-state index contributed by atoms with van der Waals surface area (Å²) in [5.41, 5.74) is 2.25. The maximum absolute atomic E-state index is 11.9. The normalized spacial score (nSPS) is 13.8. The molecule has 0 fully saturated rings. The van der Waals surface area contributed by atoms with E-state index in [0.29, 0.717) is 5.69 Å². The number of aromatic nitrogens is 2. The lowest BCUT2D eigenvalue weighted by atomic mass is 10.3. The van der Waals surface area contributed by atoms with Crippen molar-refractivity contribution in [2.24, 2.45) is 0 Å². The van der Waals surface area contributed by atoms with Crippen molar-refractivity contribution >= 4 is 17.3 Å². The molecular formula is C11H10N4O. The first kappa shape index (κ1) is 8.96. The van der Waals surface area contributed by atoms with Gasteiger partial charge < -0.3 is 5.32 Å². The number of nitrogens with one attached hydrogen (secondary N) is 1. The fourth-order valence-corrected chi connectivity index (χ4v) is 1.88. The number of amides is 1. The molecule has 0 radical (unpaired) electrons. The Bertz CT molecular complexity index is 561. The minimum absolute atomic E-state index is 0.122. The summed E-state index contributed by atoms with van der Waals surface area (Å²) >= 11 is 0. The van der Waals surface area contributed by atoms with E-state index >= 15 is 0 Å². The van der Waals surface area contributed by atoms with Crippen LogP contribution in [0, 0.1) is 0 Å². The van der Waals surface area contributed by atoms with Crippen molar-refractivity contribution < 1.29 is 4.79 Å². The van der Waals surface area contributed by atoms with Gasteiger partial charge in [0.2, 0.25) is 0 Å². The average molecular weight is 214 g/mol. The van der Waals surface area contributed by atoms with Crippen LogP contribution in [0.5, 0.6) is 0 Å². The zero-order valence-electron chi connectivity index (χ0n) is 8.71. The van der Waals surface area contributed by atoms with Crippen molar-refractivity contribution in [3.05, 3.63) is 42.5 Å². The summed E-state index contributed by atoms with van der Waals surface area (Å²) in [6.45, 7) is 0. The molecule has 0 saturated carbocycles. The van der Waals surface area contributed by atoms with Gasteiger partial charge in [0.05, 0.1) is 17.6 Å². The zero-order valence-corrected chi connectivity index (χ0v) is 8.71. The molecule has 1 aliphatic heterocycles. The second kappa shape index (κ2) is 3.10. The largest absolute Gasteiger partial charge is 0.317 e. The van der Waals surface area contributed by atoms with Gasteiger partial charge in [0.1, 0.15) is 5.69 Å². The molecule has 0 bridgehead atoms. The number of carbonyl (C=O) groups is 1. The Hall–Kier alpha value is -2.30. The number of fused-ring (bicyclic) bond motifs is 2. The number of anilines is 2. The monoisotopic (exact) mass is 214 g/mol. The van der Waals surface area contributed by atoms with Crippen LogP contribution < -0.4 is 10.3 Å². The van der Waals surface area contributed by atoms with Crippen molar-refractivity contribution in [2.75, 3.05) is 17.4 Å². The third kappa shape index (κ3) is 1.11. The Labute approximate surface area is 92.3 Å². The van der Waals surface area contributed by atoms with E-state index in [1.807, 2.05) is 30.4 Å². The first-order chi connectivity index (χ1) is 7.77. The van der Waals surface area contributed by atoms with E-state index in [-0.39, 0.29) is 5.91 Å². The van der Waals surface area contributed by atoms with E-state index in [2.05, 4.69) is 10.3 Å². The van der Waals surface area contributed by atoms with Gasteiger partial charge in [-0.25, -0.2) is 0 Å². The average Bonchev–Trinajstić information content (AvgIpc) is 2.74. The van der Waals surface area contributed by atoms with Crippen molar-refractivity contribution in [3.8, 4) is 0 Å². The first-order valence-corrected chi connectivity index (χ1v) is 4.94. The number of nitrogens with zero attached hydrogens (tertiary/aromatic N) is 3. The molecule has 0 saturated heterocycles. The van der Waals surface area contributed by atoms with Crippen LogP contribution in [-0.2, 0) is 0 Å². The van der Waals surface area contributed by atoms with Gasteiger partial charge in [0.15, 0.2) is 0 Å².